The lowest BCUT2D eigenvalue weighted by Gasteiger charge is -2.29. The highest BCUT2D eigenvalue weighted by molar-refractivity contribution is 5.86. The number of benzene rings is 2. The maximum absolute atomic E-state index is 12.5. The van der Waals surface area contributed by atoms with Gasteiger partial charge in [0.1, 0.15) is 5.41 Å². The Kier molecular flexibility index (Phi) is 5.93. The fraction of sp³-hybridized carbons (Fsp3) is 0.174. The van der Waals surface area contributed by atoms with Gasteiger partial charge >= 0.3 is 11.7 Å². The summed E-state index contributed by atoms with van der Waals surface area (Å²) in [6.07, 6.45) is 5.21. The van der Waals surface area contributed by atoms with Crippen molar-refractivity contribution in [2.45, 2.75) is 25.3 Å². The van der Waals surface area contributed by atoms with Crippen LogP contribution in [0.15, 0.2) is 88.6 Å². The molecule has 0 aliphatic heterocycles. The second-order valence-electron chi connectivity index (χ2n) is 6.84. The van der Waals surface area contributed by atoms with Crippen LogP contribution in [0.2, 0.25) is 0 Å². The number of aromatic amines is 1. The molecule has 6 nitrogen and oxygen atoms in total. The molecule has 3 aromatic rings. The number of H-pyrrole nitrogens is 1. The number of aryl methyl sites for hydroxylation is 1. The number of carboxylic acids is 1. The number of hydrogen-bond donors (Lipinski definition) is 2. The summed E-state index contributed by atoms with van der Waals surface area (Å²) in [5, 5.41) is 10.2. The van der Waals surface area contributed by atoms with Gasteiger partial charge in [0.15, 0.2) is 0 Å². The number of carbonyl (C=O) groups is 1. The lowest BCUT2D eigenvalue weighted by molar-refractivity contribution is -0.142. The smallest absolute Gasteiger partial charge is 0.328 e. The van der Waals surface area contributed by atoms with E-state index < -0.39 is 22.6 Å². The first-order chi connectivity index (χ1) is 13.9. The van der Waals surface area contributed by atoms with Gasteiger partial charge in [0.25, 0.3) is 5.56 Å². The summed E-state index contributed by atoms with van der Waals surface area (Å²) in [6.45, 7) is 1.86. The summed E-state index contributed by atoms with van der Waals surface area (Å²) < 4.78 is 1.38. The normalized spacial score (nSPS) is 11.6. The van der Waals surface area contributed by atoms with E-state index >= 15 is 0 Å². The second kappa shape index (κ2) is 8.56. The molecule has 2 N–H and O–H groups in total. The Hall–Kier alpha value is -3.67. The predicted molar refractivity (Wildman–Crippen MR) is 111 cm³/mol. The number of carboxylic acid groups (broad SMARTS) is 1. The zero-order valence-corrected chi connectivity index (χ0v) is 16.0. The minimum Gasteiger partial charge on any atom is -0.480 e. The van der Waals surface area contributed by atoms with Gasteiger partial charge in [0.05, 0.1) is 0 Å². The van der Waals surface area contributed by atoms with Gasteiger partial charge in [-0.3, -0.25) is 19.1 Å². The number of aliphatic carboxylic acids is 1. The zero-order chi connectivity index (χ0) is 20.9. The average molecular weight is 390 g/mol. The molecule has 29 heavy (non-hydrogen) atoms. The SMILES string of the molecule is Cc1cn(C/C=C/CC(C(=O)O)(c2ccccc2)c2ccccc2)c(=O)[nH]c1=O. The van der Waals surface area contributed by atoms with Gasteiger partial charge in [-0.15, -0.1) is 0 Å². The number of allylic oxidation sites excluding steroid dienone is 2. The van der Waals surface area contributed by atoms with Crippen LogP contribution in [0, 0.1) is 6.92 Å². The summed E-state index contributed by atoms with van der Waals surface area (Å²) in [6, 6.07) is 18.2. The first-order valence-electron chi connectivity index (χ1n) is 9.25. The zero-order valence-electron chi connectivity index (χ0n) is 16.0. The quantitative estimate of drug-likeness (QED) is 0.607. The van der Waals surface area contributed by atoms with Crippen LogP contribution in [0.1, 0.15) is 23.1 Å². The molecule has 0 spiro atoms. The van der Waals surface area contributed by atoms with Gasteiger partial charge in [-0.05, 0) is 24.5 Å². The van der Waals surface area contributed by atoms with Crippen LogP contribution in [0.3, 0.4) is 0 Å². The van der Waals surface area contributed by atoms with Crippen molar-refractivity contribution in [3.05, 3.63) is 117 Å². The molecule has 0 saturated carbocycles. The van der Waals surface area contributed by atoms with Crippen LogP contribution in [0.25, 0.3) is 0 Å². The number of hydrogen-bond acceptors (Lipinski definition) is 3. The van der Waals surface area contributed by atoms with Crippen molar-refractivity contribution in [3.63, 3.8) is 0 Å². The maximum Gasteiger partial charge on any atom is 0.328 e. The molecule has 2 aromatic carbocycles. The van der Waals surface area contributed by atoms with E-state index in [1.165, 1.54) is 10.8 Å². The summed E-state index contributed by atoms with van der Waals surface area (Å²) >= 11 is 0. The van der Waals surface area contributed by atoms with Crippen molar-refractivity contribution in [2.24, 2.45) is 0 Å². The minimum absolute atomic E-state index is 0.216. The lowest BCUT2D eigenvalue weighted by atomic mass is 9.72. The molecule has 0 aliphatic rings. The Morgan fingerprint density at radius 1 is 1.00 bits per heavy atom. The molecule has 0 radical (unpaired) electrons. The van der Waals surface area contributed by atoms with Gasteiger partial charge < -0.3 is 5.11 Å². The number of aromatic nitrogens is 2. The van der Waals surface area contributed by atoms with E-state index in [0.717, 1.165) is 0 Å². The van der Waals surface area contributed by atoms with E-state index in [9.17, 15) is 19.5 Å². The summed E-state index contributed by atoms with van der Waals surface area (Å²) in [5.41, 5.74) is -0.355. The number of rotatable bonds is 7. The fourth-order valence-corrected chi connectivity index (χ4v) is 3.38. The average Bonchev–Trinajstić information content (AvgIpc) is 2.73. The number of nitrogens with zero attached hydrogens (tertiary/aromatic N) is 1. The molecule has 6 heteroatoms. The third-order valence-corrected chi connectivity index (χ3v) is 4.98. The molecule has 1 aromatic heterocycles. The van der Waals surface area contributed by atoms with E-state index in [-0.39, 0.29) is 13.0 Å². The maximum atomic E-state index is 12.5. The first kappa shape index (κ1) is 20.1. The van der Waals surface area contributed by atoms with E-state index in [2.05, 4.69) is 4.98 Å². The second-order valence-corrected chi connectivity index (χ2v) is 6.84. The van der Waals surface area contributed by atoms with E-state index in [4.69, 9.17) is 0 Å². The number of nitrogens with one attached hydrogen (secondary N) is 1. The molecule has 0 bridgehead atoms. The van der Waals surface area contributed by atoms with Crippen molar-refractivity contribution in [2.75, 3.05) is 0 Å². The molecule has 0 atom stereocenters. The Morgan fingerprint density at radius 3 is 2.07 bits per heavy atom. The molecule has 148 valence electrons. The van der Waals surface area contributed by atoms with Crippen LogP contribution in [0.5, 0.6) is 0 Å². The topological polar surface area (TPSA) is 92.2 Å². The van der Waals surface area contributed by atoms with Crippen LogP contribution >= 0.6 is 0 Å². The standard InChI is InChI=1S/C23H22N2O4/c1-17-16-25(22(29)24-20(17)26)15-9-8-14-23(21(27)28,18-10-4-2-5-11-18)19-12-6-3-7-13-19/h2-13,16H,14-15H2,1H3,(H,27,28)(H,24,26,29)/b9-8+. The van der Waals surface area contributed by atoms with E-state index in [0.29, 0.717) is 16.7 Å². The lowest BCUT2D eigenvalue weighted by Crippen LogP contribution is -2.36. The molecule has 0 aliphatic carbocycles. The fourth-order valence-electron chi connectivity index (χ4n) is 3.38. The van der Waals surface area contributed by atoms with Crippen LogP contribution < -0.4 is 11.2 Å². The van der Waals surface area contributed by atoms with E-state index in [1.54, 1.807) is 19.1 Å². The summed E-state index contributed by atoms with van der Waals surface area (Å²) in [7, 11) is 0. The van der Waals surface area contributed by atoms with Gasteiger partial charge in [0, 0.05) is 18.3 Å². The first-order valence-corrected chi connectivity index (χ1v) is 9.25. The van der Waals surface area contributed by atoms with Crippen molar-refractivity contribution in [1.82, 2.24) is 9.55 Å². The van der Waals surface area contributed by atoms with Crippen molar-refractivity contribution in [3.8, 4) is 0 Å². The molecule has 0 amide bonds. The summed E-state index contributed by atoms with van der Waals surface area (Å²) in [5.74, 6) is -0.948. The Labute approximate surface area is 167 Å². The highest BCUT2D eigenvalue weighted by Gasteiger charge is 2.41. The molecule has 1 heterocycles. The van der Waals surface area contributed by atoms with Gasteiger partial charge in [-0.2, -0.15) is 0 Å². The highest BCUT2D eigenvalue weighted by Crippen LogP contribution is 2.36. The molecule has 0 unspecified atom stereocenters. The van der Waals surface area contributed by atoms with Crippen LogP contribution in [-0.2, 0) is 16.8 Å². The molecule has 0 fully saturated rings. The van der Waals surface area contributed by atoms with Gasteiger partial charge in [0.2, 0.25) is 0 Å². The van der Waals surface area contributed by atoms with Crippen LogP contribution in [-0.4, -0.2) is 20.6 Å². The molecular weight excluding hydrogens is 368 g/mol. The monoisotopic (exact) mass is 390 g/mol. The van der Waals surface area contributed by atoms with Crippen molar-refractivity contribution in [1.29, 1.82) is 0 Å². The third-order valence-electron chi connectivity index (χ3n) is 4.98. The van der Waals surface area contributed by atoms with Crippen molar-refractivity contribution >= 4 is 5.97 Å². The van der Waals surface area contributed by atoms with E-state index in [1.807, 2.05) is 60.7 Å². The Bertz CT molecular complexity index is 1090. The molecule has 3 rings (SSSR count). The summed E-state index contributed by atoms with van der Waals surface area (Å²) in [4.78, 5) is 38.2. The molecular formula is C23H22N2O4. The van der Waals surface area contributed by atoms with Crippen molar-refractivity contribution < 1.29 is 9.90 Å². The minimum atomic E-state index is -1.25. The van der Waals surface area contributed by atoms with Crippen LogP contribution in [0.4, 0.5) is 0 Å². The van der Waals surface area contributed by atoms with Gasteiger partial charge in [-0.1, -0.05) is 72.8 Å². The van der Waals surface area contributed by atoms with Gasteiger partial charge in [-0.25, -0.2) is 4.79 Å². The Morgan fingerprint density at radius 2 is 1.55 bits per heavy atom. The largest absolute Gasteiger partial charge is 0.480 e. The molecule has 0 saturated heterocycles. The highest BCUT2D eigenvalue weighted by atomic mass is 16.4. The Balaban J connectivity index is 1.95. The predicted octanol–water partition coefficient (Wildman–Crippen LogP) is 2.86. The third kappa shape index (κ3) is 4.11.